The Labute approximate surface area is 221 Å². The number of alkyl halides is 2. The first-order valence-corrected chi connectivity index (χ1v) is 12.0. The largest absolute Gasteiger partial charge is 0.457 e. The molecule has 0 unspecified atom stereocenters. The third kappa shape index (κ3) is 5.08. The molecule has 0 amide bonds. The zero-order valence-electron chi connectivity index (χ0n) is 19.1. The van der Waals surface area contributed by atoms with E-state index in [0.29, 0.717) is 22.3 Å². The SMILES string of the molecule is O=C(OCc1ccc(F)cc1)c1ccc2c(c1)C(Cl)(Cl)c1cc(C(=O)OCc3ccc(F)cc3)ccc1-2. The van der Waals surface area contributed by atoms with Crippen LogP contribution in [-0.4, -0.2) is 11.9 Å². The highest BCUT2D eigenvalue weighted by molar-refractivity contribution is 6.51. The molecule has 0 N–H and O–H groups in total. The van der Waals surface area contributed by atoms with Gasteiger partial charge in [-0.15, -0.1) is 0 Å². The van der Waals surface area contributed by atoms with E-state index >= 15 is 0 Å². The van der Waals surface area contributed by atoms with Crippen molar-refractivity contribution in [2.24, 2.45) is 0 Å². The van der Waals surface area contributed by atoms with Crippen molar-refractivity contribution in [1.82, 2.24) is 0 Å². The van der Waals surface area contributed by atoms with Crippen LogP contribution in [-0.2, 0) is 27.0 Å². The van der Waals surface area contributed by atoms with Crippen LogP contribution >= 0.6 is 23.2 Å². The van der Waals surface area contributed by atoms with E-state index in [-0.39, 0.29) is 36.0 Å². The second-order valence-electron chi connectivity index (χ2n) is 8.50. The number of hydrogen-bond donors (Lipinski definition) is 0. The number of benzene rings is 4. The van der Waals surface area contributed by atoms with Crippen LogP contribution < -0.4 is 0 Å². The summed E-state index contributed by atoms with van der Waals surface area (Å²) in [6, 6.07) is 21.1. The Bertz CT molecular complexity index is 1390. The van der Waals surface area contributed by atoms with Crippen molar-refractivity contribution >= 4 is 35.1 Å². The molecular weight excluding hydrogens is 521 g/mol. The minimum atomic E-state index is -1.52. The lowest BCUT2D eigenvalue weighted by Crippen LogP contribution is -2.12. The van der Waals surface area contributed by atoms with E-state index in [2.05, 4.69) is 0 Å². The van der Waals surface area contributed by atoms with E-state index in [4.69, 9.17) is 32.7 Å². The lowest BCUT2D eigenvalue weighted by molar-refractivity contribution is 0.0464. The molecular formula is C29H18Cl2F2O4. The Balaban J connectivity index is 1.33. The molecule has 5 rings (SSSR count). The zero-order valence-corrected chi connectivity index (χ0v) is 20.7. The molecule has 4 aromatic rings. The maximum Gasteiger partial charge on any atom is 0.338 e. The van der Waals surface area contributed by atoms with Crippen molar-refractivity contribution in [3.05, 3.63) is 130 Å². The Morgan fingerprint density at radius 3 is 1.38 bits per heavy atom. The summed E-state index contributed by atoms with van der Waals surface area (Å²) in [4.78, 5) is 25.3. The Kier molecular flexibility index (Phi) is 6.71. The van der Waals surface area contributed by atoms with Crippen LogP contribution in [0.15, 0.2) is 84.9 Å². The number of hydrogen-bond acceptors (Lipinski definition) is 4. The van der Waals surface area contributed by atoms with Gasteiger partial charge >= 0.3 is 11.9 Å². The third-order valence-corrected chi connectivity index (χ3v) is 6.86. The van der Waals surface area contributed by atoms with Gasteiger partial charge in [0, 0.05) is 11.1 Å². The van der Waals surface area contributed by atoms with Crippen LogP contribution in [0.4, 0.5) is 8.78 Å². The quantitative estimate of drug-likeness (QED) is 0.190. The molecule has 0 atom stereocenters. The van der Waals surface area contributed by atoms with Crippen molar-refractivity contribution in [2.75, 3.05) is 0 Å². The number of carbonyl (C=O) groups is 2. The van der Waals surface area contributed by atoms with E-state index in [1.54, 1.807) is 36.4 Å². The average molecular weight is 539 g/mol. The van der Waals surface area contributed by atoms with Gasteiger partial charge < -0.3 is 9.47 Å². The fraction of sp³-hybridized carbons (Fsp3) is 0.103. The Hall–Kier alpha value is -3.74. The summed E-state index contributed by atoms with van der Waals surface area (Å²) < 4.78 is 35.3. The molecule has 0 aliphatic heterocycles. The van der Waals surface area contributed by atoms with Crippen LogP contribution in [0, 0.1) is 11.6 Å². The minimum absolute atomic E-state index is 0.0211. The van der Waals surface area contributed by atoms with Crippen molar-refractivity contribution in [1.29, 1.82) is 0 Å². The minimum Gasteiger partial charge on any atom is -0.457 e. The third-order valence-electron chi connectivity index (χ3n) is 6.04. The molecule has 0 saturated heterocycles. The number of carbonyl (C=O) groups excluding carboxylic acids is 2. The molecule has 186 valence electrons. The molecule has 1 aliphatic carbocycles. The highest BCUT2D eigenvalue weighted by atomic mass is 35.5. The number of ether oxygens (including phenoxy) is 2. The van der Waals surface area contributed by atoms with Crippen LogP contribution in [0.5, 0.6) is 0 Å². The standard InChI is InChI=1S/C29H18Cl2F2O4/c30-29(31)25-13-19(27(34)36-15-17-1-7-21(32)8-2-17)5-11-23(25)24-12-6-20(14-26(24)29)28(35)37-16-18-3-9-22(33)10-4-18/h1-14H,15-16H2. The average Bonchev–Trinajstić information content (AvgIpc) is 3.13. The summed E-state index contributed by atoms with van der Waals surface area (Å²) in [7, 11) is 0. The smallest absolute Gasteiger partial charge is 0.338 e. The molecule has 0 spiro atoms. The van der Waals surface area contributed by atoms with E-state index in [1.807, 2.05) is 0 Å². The van der Waals surface area contributed by atoms with Crippen LogP contribution in [0.25, 0.3) is 11.1 Å². The van der Waals surface area contributed by atoms with Crippen LogP contribution in [0.2, 0.25) is 0 Å². The molecule has 0 fully saturated rings. The molecule has 4 aromatic carbocycles. The lowest BCUT2D eigenvalue weighted by Gasteiger charge is -2.17. The van der Waals surface area contributed by atoms with E-state index in [0.717, 1.165) is 11.1 Å². The number of rotatable bonds is 6. The predicted molar refractivity (Wildman–Crippen MR) is 135 cm³/mol. The summed E-state index contributed by atoms with van der Waals surface area (Å²) in [6.45, 7) is -0.0422. The molecule has 0 bridgehead atoms. The van der Waals surface area contributed by atoms with Crippen molar-refractivity contribution in [3.8, 4) is 11.1 Å². The van der Waals surface area contributed by atoms with Crippen molar-refractivity contribution in [3.63, 3.8) is 0 Å². The van der Waals surface area contributed by atoms with E-state index in [1.165, 1.54) is 48.5 Å². The monoisotopic (exact) mass is 538 g/mol. The Morgan fingerprint density at radius 1 is 0.622 bits per heavy atom. The lowest BCUT2D eigenvalue weighted by atomic mass is 10.0. The van der Waals surface area contributed by atoms with Crippen LogP contribution in [0.3, 0.4) is 0 Å². The molecule has 8 heteroatoms. The zero-order chi connectivity index (χ0) is 26.2. The maximum absolute atomic E-state index is 13.1. The van der Waals surface area contributed by atoms with Gasteiger partial charge in [-0.1, -0.05) is 59.6 Å². The molecule has 0 saturated carbocycles. The topological polar surface area (TPSA) is 52.6 Å². The van der Waals surface area contributed by atoms with Crippen molar-refractivity contribution < 1.29 is 27.8 Å². The maximum atomic E-state index is 13.1. The first-order valence-electron chi connectivity index (χ1n) is 11.2. The summed E-state index contributed by atoms with van der Waals surface area (Å²) in [5.74, 6) is -1.93. The van der Waals surface area contributed by atoms with Gasteiger partial charge in [0.25, 0.3) is 0 Å². The van der Waals surface area contributed by atoms with Gasteiger partial charge in [0.15, 0.2) is 4.33 Å². The number of halogens is 4. The van der Waals surface area contributed by atoms with Gasteiger partial charge in [-0.05, 0) is 70.8 Å². The Morgan fingerprint density at radius 2 is 1.00 bits per heavy atom. The molecule has 1 aliphatic rings. The summed E-state index contributed by atoms with van der Waals surface area (Å²) in [6.07, 6.45) is 0. The van der Waals surface area contributed by atoms with Crippen LogP contribution in [0.1, 0.15) is 43.0 Å². The summed E-state index contributed by atoms with van der Waals surface area (Å²) >= 11 is 13.5. The first kappa shape index (κ1) is 24.9. The molecule has 0 heterocycles. The molecule has 0 radical (unpaired) electrons. The van der Waals surface area contributed by atoms with Crippen molar-refractivity contribution in [2.45, 2.75) is 17.5 Å². The second kappa shape index (κ2) is 9.96. The first-order chi connectivity index (χ1) is 17.7. The van der Waals surface area contributed by atoms with Gasteiger partial charge in [-0.3, -0.25) is 0 Å². The second-order valence-corrected chi connectivity index (χ2v) is 9.83. The van der Waals surface area contributed by atoms with Gasteiger partial charge in [0.1, 0.15) is 24.8 Å². The predicted octanol–water partition coefficient (Wildman–Crippen LogP) is 7.34. The number of fused-ring (bicyclic) bond motifs is 3. The fourth-order valence-electron chi connectivity index (χ4n) is 4.10. The molecule has 4 nitrogen and oxygen atoms in total. The van der Waals surface area contributed by atoms with E-state index < -0.39 is 16.3 Å². The fourth-order valence-corrected chi connectivity index (χ4v) is 4.73. The summed E-state index contributed by atoms with van der Waals surface area (Å²) in [5.41, 5.74) is 4.20. The number of esters is 2. The van der Waals surface area contributed by atoms with Gasteiger partial charge in [-0.25, -0.2) is 18.4 Å². The van der Waals surface area contributed by atoms with E-state index in [9.17, 15) is 18.4 Å². The molecule has 0 aromatic heterocycles. The van der Waals surface area contributed by atoms with Gasteiger partial charge in [0.05, 0.1) is 11.1 Å². The highest BCUT2D eigenvalue weighted by Crippen LogP contribution is 2.54. The van der Waals surface area contributed by atoms with Gasteiger partial charge in [-0.2, -0.15) is 0 Å². The summed E-state index contributed by atoms with van der Waals surface area (Å²) in [5, 5.41) is 0. The molecule has 37 heavy (non-hydrogen) atoms. The van der Waals surface area contributed by atoms with Gasteiger partial charge in [0.2, 0.25) is 0 Å². The highest BCUT2D eigenvalue weighted by Gasteiger charge is 2.41. The normalized spacial score (nSPS) is 13.0.